The highest BCUT2D eigenvalue weighted by molar-refractivity contribution is 7.11. The monoisotopic (exact) mass is 287 g/mol. The van der Waals surface area contributed by atoms with Gasteiger partial charge in [-0.25, -0.2) is 4.98 Å². The van der Waals surface area contributed by atoms with Crippen molar-refractivity contribution in [3.63, 3.8) is 0 Å². The van der Waals surface area contributed by atoms with Crippen molar-refractivity contribution >= 4 is 28.6 Å². The number of hydrogen-bond acceptors (Lipinski definition) is 4. The Morgan fingerprint density at radius 2 is 2.15 bits per heavy atom. The fraction of sp³-hybridized carbons (Fsp3) is 0.333. The van der Waals surface area contributed by atoms with Gasteiger partial charge in [0.25, 0.3) is 0 Å². The minimum Gasteiger partial charge on any atom is -0.399 e. The number of rotatable bonds is 2. The topological polar surface area (TPSA) is 59.2 Å². The number of benzene rings is 1. The molecule has 2 aromatic rings. The Balaban J connectivity index is 1.95. The first kappa shape index (κ1) is 13.1. The molecule has 0 atom stereocenters. The second-order valence-electron chi connectivity index (χ2n) is 5.12. The Bertz CT molecular complexity index is 658. The highest BCUT2D eigenvalue weighted by Gasteiger charge is 2.25. The van der Waals surface area contributed by atoms with Crippen LogP contribution in [-0.2, 0) is 17.8 Å². The van der Waals surface area contributed by atoms with Gasteiger partial charge in [-0.15, -0.1) is 11.3 Å². The van der Waals surface area contributed by atoms with Gasteiger partial charge in [0, 0.05) is 22.7 Å². The second kappa shape index (κ2) is 4.90. The minimum atomic E-state index is 0.160. The molecule has 2 heterocycles. The van der Waals surface area contributed by atoms with Gasteiger partial charge in [-0.2, -0.15) is 0 Å². The molecule has 4 nitrogen and oxygen atoms in total. The first-order valence-electron chi connectivity index (χ1n) is 6.66. The maximum atomic E-state index is 12.2. The Labute approximate surface area is 122 Å². The van der Waals surface area contributed by atoms with Gasteiger partial charge in [0.2, 0.25) is 5.91 Å². The number of aryl methyl sites for hydroxylation is 3. The molecule has 1 aromatic carbocycles. The van der Waals surface area contributed by atoms with Crippen LogP contribution in [0.2, 0.25) is 0 Å². The standard InChI is InChI=1S/C15H17N3OS/c1-9-10(2)20-14(17-9)8-18-13-5-4-12(16)7-11(13)3-6-15(18)19/h4-5,7H,3,6,8,16H2,1-2H3. The number of fused-ring (bicyclic) bond motifs is 1. The minimum absolute atomic E-state index is 0.160. The van der Waals surface area contributed by atoms with Crippen LogP contribution in [0, 0.1) is 13.8 Å². The molecular formula is C15H17N3OS. The summed E-state index contributed by atoms with van der Waals surface area (Å²) in [6.07, 6.45) is 1.31. The van der Waals surface area contributed by atoms with Crippen LogP contribution in [0.3, 0.4) is 0 Å². The highest BCUT2D eigenvalue weighted by atomic mass is 32.1. The number of nitrogen functional groups attached to an aromatic ring is 1. The number of carbonyl (C=O) groups excluding carboxylic acids is 1. The molecular weight excluding hydrogens is 270 g/mol. The molecule has 20 heavy (non-hydrogen) atoms. The van der Waals surface area contributed by atoms with E-state index < -0.39 is 0 Å². The smallest absolute Gasteiger partial charge is 0.227 e. The van der Waals surface area contributed by atoms with Crippen molar-refractivity contribution in [2.45, 2.75) is 33.2 Å². The summed E-state index contributed by atoms with van der Waals surface area (Å²) in [4.78, 5) is 19.8. The predicted molar refractivity (Wildman–Crippen MR) is 82.0 cm³/mol. The van der Waals surface area contributed by atoms with E-state index in [9.17, 15) is 4.79 Å². The zero-order chi connectivity index (χ0) is 14.3. The van der Waals surface area contributed by atoms with E-state index >= 15 is 0 Å². The molecule has 1 aliphatic rings. The quantitative estimate of drug-likeness (QED) is 0.864. The van der Waals surface area contributed by atoms with Crippen LogP contribution in [-0.4, -0.2) is 10.9 Å². The van der Waals surface area contributed by atoms with E-state index in [1.165, 1.54) is 4.88 Å². The van der Waals surface area contributed by atoms with Crippen LogP contribution in [0.25, 0.3) is 0 Å². The van der Waals surface area contributed by atoms with E-state index in [4.69, 9.17) is 5.73 Å². The van der Waals surface area contributed by atoms with E-state index in [0.29, 0.717) is 13.0 Å². The van der Waals surface area contributed by atoms with E-state index in [2.05, 4.69) is 11.9 Å². The van der Waals surface area contributed by atoms with Crippen molar-refractivity contribution in [1.29, 1.82) is 0 Å². The van der Waals surface area contributed by atoms with Crippen LogP contribution in [0.4, 0.5) is 11.4 Å². The van der Waals surface area contributed by atoms with Gasteiger partial charge in [-0.3, -0.25) is 4.79 Å². The van der Waals surface area contributed by atoms with Crippen molar-refractivity contribution in [3.8, 4) is 0 Å². The lowest BCUT2D eigenvalue weighted by molar-refractivity contribution is -0.119. The number of aromatic nitrogens is 1. The molecule has 2 N–H and O–H groups in total. The molecule has 0 unspecified atom stereocenters. The lowest BCUT2D eigenvalue weighted by atomic mass is 10.0. The average Bonchev–Trinajstić information content (AvgIpc) is 2.72. The lowest BCUT2D eigenvalue weighted by Gasteiger charge is -2.29. The fourth-order valence-electron chi connectivity index (χ4n) is 2.50. The number of anilines is 2. The Morgan fingerprint density at radius 1 is 1.35 bits per heavy atom. The summed E-state index contributed by atoms with van der Waals surface area (Å²) >= 11 is 1.66. The molecule has 0 saturated heterocycles. The molecule has 3 rings (SSSR count). The average molecular weight is 287 g/mol. The summed E-state index contributed by atoms with van der Waals surface area (Å²) in [5, 5.41) is 0.984. The summed E-state index contributed by atoms with van der Waals surface area (Å²) in [7, 11) is 0. The van der Waals surface area contributed by atoms with E-state index in [1.54, 1.807) is 11.3 Å². The maximum Gasteiger partial charge on any atom is 0.227 e. The molecule has 1 aliphatic heterocycles. The Morgan fingerprint density at radius 3 is 2.85 bits per heavy atom. The number of carbonyl (C=O) groups is 1. The molecule has 0 bridgehead atoms. The van der Waals surface area contributed by atoms with Gasteiger partial charge in [0.1, 0.15) is 5.01 Å². The summed E-state index contributed by atoms with van der Waals surface area (Å²) in [6.45, 7) is 4.61. The molecule has 0 spiro atoms. The van der Waals surface area contributed by atoms with Gasteiger partial charge >= 0.3 is 0 Å². The Hall–Kier alpha value is -1.88. The van der Waals surface area contributed by atoms with Gasteiger partial charge in [0.05, 0.1) is 12.2 Å². The number of amides is 1. The zero-order valence-electron chi connectivity index (χ0n) is 11.6. The fourth-order valence-corrected chi connectivity index (χ4v) is 3.42. The van der Waals surface area contributed by atoms with Crippen molar-refractivity contribution < 1.29 is 4.79 Å². The van der Waals surface area contributed by atoms with Crippen molar-refractivity contribution in [3.05, 3.63) is 39.3 Å². The summed E-state index contributed by atoms with van der Waals surface area (Å²) in [5.74, 6) is 0.160. The summed E-state index contributed by atoms with van der Waals surface area (Å²) in [6, 6.07) is 5.75. The molecule has 1 amide bonds. The van der Waals surface area contributed by atoms with E-state index in [-0.39, 0.29) is 5.91 Å². The molecule has 104 valence electrons. The molecule has 0 saturated carbocycles. The number of nitrogens with zero attached hydrogens (tertiary/aromatic N) is 2. The largest absolute Gasteiger partial charge is 0.399 e. The van der Waals surface area contributed by atoms with E-state index in [0.717, 1.165) is 34.1 Å². The van der Waals surface area contributed by atoms with Crippen LogP contribution in [0.15, 0.2) is 18.2 Å². The summed E-state index contributed by atoms with van der Waals surface area (Å²) < 4.78 is 0. The first-order chi connectivity index (χ1) is 9.54. The summed E-state index contributed by atoms with van der Waals surface area (Å²) in [5.41, 5.74) is 9.74. The molecule has 5 heteroatoms. The molecule has 1 aromatic heterocycles. The number of nitrogens with two attached hydrogens (primary N) is 1. The lowest BCUT2D eigenvalue weighted by Crippen LogP contribution is -2.34. The van der Waals surface area contributed by atoms with Gasteiger partial charge < -0.3 is 10.6 Å². The van der Waals surface area contributed by atoms with Crippen molar-refractivity contribution in [2.75, 3.05) is 10.6 Å². The number of hydrogen-bond donors (Lipinski definition) is 1. The second-order valence-corrected chi connectivity index (χ2v) is 6.40. The third-order valence-corrected chi connectivity index (χ3v) is 4.73. The number of thiazole rings is 1. The SMILES string of the molecule is Cc1nc(CN2C(=O)CCc3cc(N)ccc32)sc1C. The molecule has 0 aliphatic carbocycles. The van der Waals surface area contributed by atoms with Gasteiger partial charge in [-0.1, -0.05) is 0 Å². The van der Waals surface area contributed by atoms with Crippen LogP contribution in [0.5, 0.6) is 0 Å². The van der Waals surface area contributed by atoms with Gasteiger partial charge in [-0.05, 0) is 44.0 Å². The molecule has 0 radical (unpaired) electrons. The van der Waals surface area contributed by atoms with Crippen LogP contribution < -0.4 is 10.6 Å². The van der Waals surface area contributed by atoms with Crippen molar-refractivity contribution in [1.82, 2.24) is 4.98 Å². The predicted octanol–water partition coefficient (Wildman–Crippen LogP) is 2.82. The third kappa shape index (κ3) is 2.29. The Kier molecular flexibility index (Phi) is 3.22. The van der Waals surface area contributed by atoms with Crippen molar-refractivity contribution in [2.24, 2.45) is 0 Å². The molecule has 0 fully saturated rings. The normalized spacial score (nSPS) is 14.5. The third-order valence-electron chi connectivity index (χ3n) is 3.67. The maximum absolute atomic E-state index is 12.2. The van der Waals surface area contributed by atoms with Crippen LogP contribution >= 0.6 is 11.3 Å². The highest BCUT2D eigenvalue weighted by Crippen LogP contribution is 2.31. The zero-order valence-corrected chi connectivity index (χ0v) is 12.5. The van der Waals surface area contributed by atoms with E-state index in [1.807, 2.05) is 30.0 Å². The van der Waals surface area contributed by atoms with Gasteiger partial charge in [0.15, 0.2) is 0 Å². The van der Waals surface area contributed by atoms with Crippen LogP contribution in [0.1, 0.15) is 27.6 Å². The first-order valence-corrected chi connectivity index (χ1v) is 7.48.